The minimum absolute atomic E-state index is 0.193. The lowest BCUT2D eigenvalue weighted by atomic mass is 10.0. The zero-order valence-corrected chi connectivity index (χ0v) is 11.7. The van der Waals surface area contributed by atoms with Gasteiger partial charge in [-0.2, -0.15) is 0 Å². The van der Waals surface area contributed by atoms with E-state index in [1.807, 2.05) is 0 Å². The zero-order chi connectivity index (χ0) is 12.3. The first-order valence-corrected chi connectivity index (χ1v) is 6.86. The lowest BCUT2D eigenvalue weighted by molar-refractivity contribution is 0.282. The Hall–Kier alpha value is -0.580. The normalized spacial score (nSPS) is 19.9. The maximum Gasteiger partial charge on any atom is 0.0556 e. The average molecular weight is 299 g/mol. The Labute approximate surface area is 111 Å². The predicted molar refractivity (Wildman–Crippen MR) is 74.5 cm³/mol. The second kappa shape index (κ2) is 5.85. The van der Waals surface area contributed by atoms with Gasteiger partial charge < -0.3 is 15.3 Å². The molecule has 0 fully saturated rings. The quantitative estimate of drug-likeness (QED) is 0.899. The predicted octanol–water partition coefficient (Wildman–Crippen LogP) is 2.30. The van der Waals surface area contributed by atoms with Crippen LogP contribution in [0, 0.1) is 0 Å². The van der Waals surface area contributed by atoms with Gasteiger partial charge >= 0.3 is 0 Å². The van der Waals surface area contributed by atoms with Crippen LogP contribution in [0.15, 0.2) is 22.7 Å². The summed E-state index contributed by atoms with van der Waals surface area (Å²) in [6.45, 7) is 1.93. The highest BCUT2D eigenvalue weighted by Gasteiger charge is 2.20. The van der Waals surface area contributed by atoms with Crippen molar-refractivity contribution < 1.29 is 5.11 Å². The van der Waals surface area contributed by atoms with E-state index in [0.717, 1.165) is 17.4 Å². The highest BCUT2D eigenvalue weighted by molar-refractivity contribution is 9.10. The second-order valence-corrected chi connectivity index (χ2v) is 5.41. The van der Waals surface area contributed by atoms with E-state index in [2.05, 4.69) is 51.4 Å². The van der Waals surface area contributed by atoms with Crippen LogP contribution in [0.1, 0.15) is 24.4 Å². The summed E-state index contributed by atoms with van der Waals surface area (Å²) in [5, 5.41) is 12.3. The maximum absolute atomic E-state index is 8.93. The molecule has 1 atom stereocenters. The average Bonchev–Trinajstić information content (AvgIpc) is 2.47. The van der Waals surface area contributed by atoms with Gasteiger partial charge in [-0.3, -0.25) is 0 Å². The van der Waals surface area contributed by atoms with Gasteiger partial charge in [0.1, 0.15) is 0 Å². The van der Waals surface area contributed by atoms with Crippen LogP contribution in [0.5, 0.6) is 0 Å². The fourth-order valence-corrected chi connectivity index (χ4v) is 2.75. The van der Waals surface area contributed by atoms with Gasteiger partial charge in [0, 0.05) is 36.3 Å². The Bertz CT molecular complexity index is 384. The molecule has 3 nitrogen and oxygen atoms in total. The molecule has 0 spiro atoms. The van der Waals surface area contributed by atoms with Crippen LogP contribution in [0.4, 0.5) is 5.69 Å². The van der Waals surface area contributed by atoms with Crippen LogP contribution >= 0.6 is 15.9 Å². The monoisotopic (exact) mass is 298 g/mol. The molecule has 0 radical (unpaired) electrons. The number of nitrogens with zero attached hydrogens (tertiary/aromatic N) is 1. The van der Waals surface area contributed by atoms with E-state index < -0.39 is 0 Å². The van der Waals surface area contributed by atoms with Crippen molar-refractivity contribution in [3.05, 3.63) is 28.2 Å². The lowest BCUT2D eigenvalue weighted by Crippen LogP contribution is -2.24. The Balaban J connectivity index is 2.30. The molecular weight excluding hydrogens is 280 g/mol. The number of benzene rings is 1. The molecule has 94 valence electrons. The molecule has 1 aliphatic rings. The summed E-state index contributed by atoms with van der Waals surface area (Å²) in [4.78, 5) is 2.31. The zero-order valence-electron chi connectivity index (χ0n) is 10.1. The number of anilines is 1. The number of aliphatic hydroxyl groups excluding tert-OH is 1. The molecule has 0 saturated heterocycles. The number of aliphatic hydroxyl groups is 1. The Kier molecular flexibility index (Phi) is 4.42. The van der Waals surface area contributed by atoms with Gasteiger partial charge in [-0.15, -0.1) is 0 Å². The standard InChI is InChI=1S/C13H19BrN2O/c1-16-7-2-3-12(15-6-8-17)11-5-4-10(14)9-13(11)16/h4-5,9,12,15,17H,2-3,6-8H2,1H3. The van der Waals surface area contributed by atoms with Gasteiger partial charge in [-0.1, -0.05) is 22.0 Å². The van der Waals surface area contributed by atoms with E-state index in [0.29, 0.717) is 12.6 Å². The molecule has 2 rings (SSSR count). The molecule has 1 aromatic rings. The number of fused-ring (bicyclic) bond motifs is 1. The minimum Gasteiger partial charge on any atom is -0.395 e. The molecule has 2 N–H and O–H groups in total. The third-order valence-electron chi connectivity index (χ3n) is 3.27. The van der Waals surface area contributed by atoms with Gasteiger partial charge in [-0.25, -0.2) is 0 Å². The fraction of sp³-hybridized carbons (Fsp3) is 0.538. The van der Waals surface area contributed by atoms with Crippen LogP contribution in [0.2, 0.25) is 0 Å². The molecule has 1 aliphatic heterocycles. The highest BCUT2D eigenvalue weighted by atomic mass is 79.9. The lowest BCUT2D eigenvalue weighted by Gasteiger charge is -2.22. The summed E-state index contributed by atoms with van der Waals surface area (Å²) >= 11 is 3.53. The third-order valence-corrected chi connectivity index (χ3v) is 3.76. The van der Waals surface area contributed by atoms with E-state index in [-0.39, 0.29) is 6.61 Å². The van der Waals surface area contributed by atoms with E-state index in [1.165, 1.54) is 17.7 Å². The van der Waals surface area contributed by atoms with E-state index >= 15 is 0 Å². The molecule has 0 bridgehead atoms. The number of hydrogen-bond donors (Lipinski definition) is 2. The third kappa shape index (κ3) is 3.00. The van der Waals surface area contributed by atoms with Crippen molar-refractivity contribution in [1.29, 1.82) is 0 Å². The molecule has 1 heterocycles. The summed E-state index contributed by atoms with van der Waals surface area (Å²) < 4.78 is 1.12. The molecule has 4 heteroatoms. The first kappa shape index (κ1) is 12.9. The summed E-state index contributed by atoms with van der Waals surface area (Å²) in [6, 6.07) is 6.80. The number of rotatable bonds is 3. The molecular formula is C13H19BrN2O. The fourth-order valence-electron chi connectivity index (χ4n) is 2.40. The molecule has 0 aromatic heterocycles. The summed E-state index contributed by atoms with van der Waals surface area (Å²) in [5.41, 5.74) is 2.62. The summed E-state index contributed by atoms with van der Waals surface area (Å²) in [7, 11) is 2.14. The Morgan fingerprint density at radius 3 is 3.12 bits per heavy atom. The van der Waals surface area contributed by atoms with Crippen LogP contribution in [0.25, 0.3) is 0 Å². The first-order valence-electron chi connectivity index (χ1n) is 6.07. The van der Waals surface area contributed by atoms with Crippen molar-refractivity contribution in [2.75, 3.05) is 31.6 Å². The summed E-state index contributed by atoms with van der Waals surface area (Å²) in [5.74, 6) is 0. The second-order valence-electron chi connectivity index (χ2n) is 4.50. The summed E-state index contributed by atoms with van der Waals surface area (Å²) in [6.07, 6.45) is 2.30. The van der Waals surface area contributed by atoms with Gasteiger partial charge in [0.05, 0.1) is 6.61 Å². The number of nitrogens with one attached hydrogen (secondary N) is 1. The van der Waals surface area contributed by atoms with Crippen LogP contribution in [-0.2, 0) is 0 Å². The van der Waals surface area contributed by atoms with E-state index in [9.17, 15) is 0 Å². The van der Waals surface area contributed by atoms with Gasteiger partial charge in [-0.05, 0) is 30.5 Å². The molecule has 1 aromatic carbocycles. The van der Waals surface area contributed by atoms with E-state index in [1.54, 1.807) is 0 Å². The topological polar surface area (TPSA) is 35.5 Å². The van der Waals surface area contributed by atoms with Crippen LogP contribution < -0.4 is 10.2 Å². The van der Waals surface area contributed by atoms with Gasteiger partial charge in [0.2, 0.25) is 0 Å². The van der Waals surface area contributed by atoms with Gasteiger partial charge in [0.15, 0.2) is 0 Å². The largest absolute Gasteiger partial charge is 0.395 e. The van der Waals surface area contributed by atoms with Crippen LogP contribution in [-0.4, -0.2) is 31.9 Å². The molecule has 0 amide bonds. The Morgan fingerprint density at radius 2 is 2.35 bits per heavy atom. The Morgan fingerprint density at radius 1 is 1.53 bits per heavy atom. The van der Waals surface area contributed by atoms with Crippen molar-refractivity contribution in [2.24, 2.45) is 0 Å². The SMILES string of the molecule is CN1CCCC(NCCO)c2ccc(Br)cc21. The van der Waals surface area contributed by atoms with Crippen molar-refractivity contribution in [3.8, 4) is 0 Å². The molecule has 0 aliphatic carbocycles. The number of halogens is 1. The van der Waals surface area contributed by atoms with E-state index in [4.69, 9.17) is 5.11 Å². The smallest absolute Gasteiger partial charge is 0.0556 e. The van der Waals surface area contributed by atoms with Crippen molar-refractivity contribution in [3.63, 3.8) is 0 Å². The van der Waals surface area contributed by atoms with Crippen molar-refractivity contribution in [1.82, 2.24) is 5.32 Å². The first-order chi connectivity index (χ1) is 8.22. The van der Waals surface area contributed by atoms with Gasteiger partial charge in [0.25, 0.3) is 0 Å². The van der Waals surface area contributed by atoms with Crippen molar-refractivity contribution in [2.45, 2.75) is 18.9 Å². The molecule has 17 heavy (non-hydrogen) atoms. The molecule has 1 unspecified atom stereocenters. The highest BCUT2D eigenvalue weighted by Crippen LogP contribution is 2.34. The maximum atomic E-state index is 8.93. The van der Waals surface area contributed by atoms with Crippen molar-refractivity contribution >= 4 is 21.6 Å². The minimum atomic E-state index is 0.193. The number of hydrogen-bond acceptors (Lipinski definition) is 3. The molecule has 0 saturated carbocycles. The van der Waals surface area contributed by atoms with Crippen LogP contribution in [0.3, 0.4) is 0 Å².